The van der Waals surface area contributed by atoms with Gasteiger partial charge in [0.2, 0.25) is 5.88 Å². The Morgan fingerprint density at radius 2 is 1.62 bits per heavy atom. The number of aryl methyl sites for hydroxylation is 3. The number of hydrogen-bond acceptors (Lipinski definition) is 4. The second-order valence-corrected chi connectivity index (χ2v) is 7.16. The quantitative estimate of drug-likeness (QED) is 0.662. The van der Waals surface area contributed by atoms with Gasteiger partial charge in [0.1, 0.15) is 5.75 Å². The van der Waals surface area contributed by atoms with Crippen molar-refractivity contribution in [2.24, 2.45) is 0 Å². The number of aliphatic hydroxyl groups excluding tert-OH is 1. The lowest BCUT2D eigenvalue weighted by Gasteiger charge is -2.21. The first-order chi connectivity index (χ1) is 12.3. The number of rotatable bonds is 7. The Kier molecular flexibility index (Phi) is 6.65. The number of ether oxygens (including phenoxy) is 1. The molecule has 2 aromatic rings. The fourth-order valence-electron chi connectivity index (χ4n) is 3.15. The molecule has 0 spiro atoms. The number of anilines is 1. The number of aliphatic hydroxyl groups is 1. The maximum atomic E-state index is 9.84. The van der Waals surface area contributed by atoms with E-state index in [1.807, 2.05) is 39.8 Å². The van der Waals surface area contributed by atoms with E-state index in [9.17, 15) is 5.11 Å². The summed E-state index contributed by atoms with van der Waals surface area (Å²) in [5.74, 6) is 1.44. The molecular formula is C22H32N2O2. The van der Waals surface area contributed by atoms with E-state index < -0.39 is 6.10 Å². The van der Waals surface area contributed by atoms with Gasteiger partial charge in [0.15, 0.2) is 0 Å². The van der Waals surface area contributed by atoms with Crippen molar-refractivity contribution in [1.29, 1.82) is 0 Å². The van der Waals surface area contributed by atoms with E-state index >= 15 is 0 Å². The molecule has 0 saturated carbocycles. The molecule has 1 atom stereocenters. The molecule has 1 unspecified atom stereocenters. The highest BCUT2D eigenvalue weighted by Gasteiger charge is 2.15. The van der Waals surface area contributed by atoms with Crippen LogP contribution in [-0.4, -0.2) is 16.1 Å². The third-order valence-corrected chi connectivity index (χ3v) is 4.86. The van der Waals surface area contributed by atoms with Crippen LogP contribution >= 0.6 is 0 Å². The third-order valence-electron chi connectivity index (χ3n) is 4.86. The number of nitrogens with one attached hydrogen (secondary N) is 1. The molecule has 2 rings (SSSR count). The first-order valence-corrected chi connectivity index (χ1v) is 9.48. The summed E-state index contributed by atoms with van der Waals surface area (Å²) in [6.45, 7) is 14.2. The van der Waals surface area contributed by atoms with E-state index in [2.05, 4.69) is 30.2 Å². The number of aromatic nitrogens is 1. The van der Waals surface area contributed by atoms with Crippen molar-refractivity contribution < 1.29 is 9.84 Å². The largest absolute Gasteiger partial charge is 0.438 e. The molecule has 0 radical (unpaired) electrons. The van der Waals surface area contributed by atoms with Gasteiger partial charge in [0.25, 0.3) is 0 Å². The minimum Gasteiger partial charge on any atom is -0.438 e. The standard InChI is InChI=1S/C22H32N2O2/c1-8-19(9-2)24-20-12-15(5)23-22(16(20)6)26-21-13(3)10-18(17(7)25)11-14(21)4/h10-12,17,19,25H,8-9H2,1-7H3,(H,23,24). The molecule has 2 N–H and O–H groups in total. The van der Waals surface area contributed by atoms with Crippen LogP contribution < -0.4 is 10.1 Å². The van der Waals surface area contributed by atoms with Crippen molar-refractivity contribution in [1.82, 2.24) is 4.98 Å². The molecular weight excluding hydrogens is 324 g/mol. The van der Waals surface area contributed by atoms with Crippen molar-refractivity contribution in [3.8, 4) is 11.6 Å². The average Bonchev–Trinajstić information content (AvgIpc) is 2.58. The zero-order valence-corrected chi connectivity index (χ0v) is 17.1. The van der Waals surface area contributed by atoms with Gasteiger partial charge >= 0.3 is 0 Å². The molecule has 0 bridgehead atoms. The van der Waals surface area contributed by atoms with E-state index in [1.165, 1.54) is 0 Å². The second-order valence-electron chi connectivity index (χ2n) is 7.16. The maximum Gasteiger partial charge on any atom is 0.224 e. The first-order valence-electron chi connectivity index (χ1n) is 9.48. The summed E-state index contributed by atoms with van der Waals surface area (Å²) in [6, 6.07) is 6.47. The summed E-state index contributed by atoms with van der Waals surface area (Å²) >= 11 is 0. The minimum absolute atomic E-state index is 0.442. The van der Waals surface area contributed by atoms with Crippen LogP contribution in [0.2, 0.25) is 0 Å². The molecule has 1 aromatic heterocycles. The molecule has 0 amide bonds. The van der Waals surface area contributed by atoms with Gasteiger partial charge in [0.05, 0.1) is 6.10 Å². The van der Waals surface area contributed by atoms with E-state index in [-0.39, 0.29) is 0 Å². The van der Waals surface area contributed by atoms with Crippen LogP contribution in [0.5, 0.6) is 11.6 Å². The van der Waals surface area contributed by atoms with Crippen molar-refractivity contribution in [2.45, 2.75) is 73.5 Å². The number of pyridine rings is 1. The fraction of sp³-hybridized carbons (Fsp3) is 0.500. The van der Waals surface area contributed by atoms with E-state index in [0.29, 0.717) is 11.9 Å². The predicted molar refractivity (Wildman–Crippen MR) is 108 cm³/mol. The Morgan fingerprint density at radius 1 is 1.04 bits per heavy atom. The first kappa shape index (κ1) is 20.2. The van der Waals surface area contributed by atoms with E-state index in [1.54, 1.807) is 6.92 Å². The number of benzene rings is 1. The van der Waals surface area contributed by atoms with Gasteiger partial charge in [0, 0.05) is 23.0 Å². The zero-order valence-electron chi connectivity index (χ0n) is 17.1. The Morgan fingerprint density at radius 3 is 2.12 bits per heavy atom. The minimum atomic E-state index is -0.490. The molecule has 1 aromatic carbocycles. The highest BCUT2D eigenvalue weighted by molar-refractivity contribution is 5.57. The van der Waals surface area contributed by atoms with Crippen LogP contribution in [0.1, 0.15) is 67.7 Å². The molecule has 0 aliphatic rings. The smallest absolute Gasteiger partial charge is 0.224 e. The van der Waals surface area contributed by atoms with Gasteiger partial charge in [-0.2, -0.15) is 0 Å². The lowest BCUT2D eigenvalue weighted by Crippen LogP contribution is -2.18. The van der Waals surface area contributed by atoms with Crippen LogP contribution in [0.25, 0.3) is 0 Å². The molecule has 0 saturated heterocycles. The Balaban J connectivity index is 2.40. The van der Waals surface area contributed by atoms with Gasteiger partial charge in [-0.3, -0.25) is 0 Å². The van der Waals surface area contributed by atoms with Crippen molar-refractivity contribution in [2.75, 3.05) is 5.32 Å². The van der Waals surface area contributed by atoms with Crippen LogP contribution in [0.4, 0.5) is 5.69 Å². The van der Waals surface area contributed by atoms with Gasteiger partial charge < -0.3 is 15.2 Å². The SMILES string of the molecule is CCC(CC)Nc1cc(C)nc(Oc2c(C)cc(C(C)O)cc2C)c1C. The lowest BCUT2D eigenvalue weighted by atomic mass is 10.0. The molecule has 4 nitrogen and oxygen atoms in total. The molecule has 26 heavy (non-hydrogen) atoms. The van der Waals surface area contributed by atoms with Crippen LogP contribution in [0.3, 0.4) is 0 Å². The van der Waals surface area contributed by atoms with Crippen molar-refractivity contribution in [3.05, 3.63) is 46.1 Å². The summed E-state index contributed by atoms with van der Waals surface area (Å²) in [6.07, 6.45) is 1.66. The highest BCUT2D eigenvalue weighted by atomic mass is 16.5. The van der Waals surface area contributed by atoms with Crippen molar-refractivity contribution >= 4 is 5.69 Å². The van der Waals surface area contributed by atoms with E-state index in [0.717, 1.165) is 52.2 Å². The van der Waals surface area contributed by atoms with Crippen molar-refractivity contribution in [3.63, 3.8) is 0 Å². The molecule has 1 heterocycles. The lowest BCUT2D eigenvalue weighted by molar-refractivity contribution is 0.199. The van der Waals surface area contributed by atoms with Gasteiger partial charge in [-0.1, -0.05) is 13.8 Å². The van der Waals surface area contributed by atoms with Crippen LogP contribution in [0.15, 0.2) is 18.2 Å². The number of nitrogens with zero attached hydrogens (tertiary/aromatic N) is 1. The van der Waals surface area contributed by atoms with Gasteiger partial charge in [-0.05, 0) is 82.3 Å². The number of hydrogen-bond donors (Lipinski definition) is 2. The molecule has 142 valence electrons. The van der Waals surface area contributed by atoms with Gasteiger partial charge in [-0.25, -0.2) is 4.98 Å². The summed E-state index contributed by atoms with van der Waals surface area (Å²) in [7, 11) is 0. The molecule has 0 aliphatic heterocycles. The summed E-state index contributed by atoms with van der Waals surface area (Å²) in [5.41, 5.74) is 5.92. The Labute approximate surface area is 157 Å². The zero-order chi connectivity index (χ0) is 19.4. The Bertz CT molecular complexity index is 742. The molecule has 0 aliphatic carbocycles. The van der Waals surface area contributed by atoms with Crippen LogP contribution in [-0.2, 0) is 0 Å². The summed E-state index contributed by atoms with van der Waals surface area (Å²) in [4.78, 5) is 4.62. The Hall–Kier alpha value is -2.07. The van der Waals surface area contributed by atoms with Gasteiger partial charge in [-0.15, -0.1) is 0 Å². The van der Waals surface area contributed by atoms with E-state index in [4.69, 9.17) is 4.74 Å². The molecule has 0 fully saturated rings. The molecule has 4 heteroatoms. The maximum absolute atomic E-state index is 9.84. The predicted octanol–water partition coefficient (Wildman–Crippen LogP) is 5.76. The summed E-state index contributed by atoms with van der Waals surface area (Å²) in [5, 5.41) is 13.5. The monoisotopic (exact) mass is 356 g/mol. The average molecular weight is 357 g/mol. The topological polar surface area (TPSA) is 54.4 Å². The second kappa shape index (κ2) is 8.54. The third kappa shape index (κ3) is 4.55. The normalized spacial score (nSPS) is 12.3. The highest BCUT2D eigenvalue weighted by Crippen LogP contribution is 2.34. The fourth-order valence-corrected chi connectivity index (χ4v) is 3.15. The van der Waals surface area contributed by atoms with Crippen LogP contribution in [0, 0.1) is 27.7 Å². The summed E-state index contributed by atoms with van der Waals surface area (Å²) < 4.78 is 6.24.